The van der Waals surface area contributed by atoms with Crippen LogP contribution in [0.2, 0.25) is 0 Å². The Morgan fingerprint density at radius 1 is 1.29 bits per heavy atom. The summed E-state index contributed by atoms with van der Waals surface area (Å²) in [5, 5.41) is 3.20. The Kier molecular flexibility index (Phi) is 4.98. The van der Waals surface area contributed by atoms with Crippen LogP contribution in [0.3, 0.4) is 0 Å². The maximum absolute atomic E-state index is 6.18. The van der Waals surface area contributed by atoms with Gasteiger partial charge in [-0.15, -0.1) is 0 Å². The number of hydrogen-bond donors (Lipinski definition) is 1. The third-order valence-electron chi connectivity index (χ3n) is 3.09. The van der Waals surface area contributed by atoms with E-state index in [1.54, 1.807) is 0 Å². The van der Waals surface area contributed by atoms with Gasteiger partial charge < -0.3 is 14.8 Å². The van der Waals surface area contributed by atoms with E-state index in [9.17, 15) is 0 Å². The van der Waals surface area contributed by atoms with E-state index in [1.165, 1.54) is 5.56 Å². The van der Waals surface area contributed by atoms with E-state index in [4.69, 9.17) is 9.47 Å². The molecule has 0 spiro atoms. The molecule has 1 N–H and O–H groups in total. The van der Waals surface area contributed by atoms with E-state index in [-0.39, 0.29) is 6.10 Å². The first kappa shape index (κ1) is 12.6. The van der Waals surface area contributed by atoms with Gasteiger partial charge in [-0.05, 0) is 25.5 Å². The highest BCUT2D eigenvalue weighted by atomic mass is 16.5. The number of rotatable bonds is 5. The zero-order valence-corrected chi connectivity index (χ0v) is 10.4. The Balaban J connectivity index is 1.96. The van der Waals surface area contributed by atoms with Gasteiger partial charge in [-0.2, -0.15) is 0 Å². The van der Waals surface area contributed by atoms with Crippen LogP contribution >= 0.6 is 0 Å². The number of likely N-dealkylation sites (N-methyl/N-ethyl adjacent to an activating group) is 1. The van der Waals surface area contributed by atoms with Crippen molar-refractivity contribution >= 4 is 0 Å². The Hall–Kier alpha value is -0.900. The van der Waals surface area contributed by atoms with Gasteiger partial charge >= 0.3 is 0 Å². The standard InChI is InChI=1S/C14H21NO2/c1-15-11-14(12-5-3-2-4-6-12)17-13-7-9-16-10-8-13/h2-6,13-15H,7-11H2,1H3/t14-/m0/s1. The summed E-state index contributed by atoms with van der Waals surface area (Å²) < 4.78 is 11.5. The van der Waals surface area contributed by atoms with E-state index >= 15 is 0 Å². The molecule has 94 valence electrons. The predicted octanol–water partition coefficient (Wildman–Crippen LogP) is 2.14. The van der Waals surface area contributed by atoms with Crippen molar-refractivity contribution in [3.8, 4) is 0 Å². The van der Waals surface area contributed by atoms with E-state index in [0.717, 1.165) is 32.6 Å². The lowest BCUT2D eigenvalue weighted by Gasteiger charge is -2.28. The smallest absolute Gasteiger partial charge is 0.0952 e. The lowest BCUT2D eigenvalue weighted by Crippen LogP contribution is -2.29. The molecular formula is C14H21NO2. The SMILES string of the molecule is CNC[C@H](OC1CCOCC1)c1ccccc1. The molecule has 1 aliphatic heterocycles. The second-order valence-electron chi connectivity index (χ2n) is 4.40. The van der Waals surface area contributed by atoms with E-state index in [2.05, 4.69) is 29.6 Å². The molecule has 17 heavy (non-hydrogen) atoms. The summed E-state index contributed by atoms with van der Waals surface area (Å²) >= 11 is 0. The molecule has 3 heteroatoms. The molecule has 3 nitrogen and oxygen atoms in total. The minimum Gasteiger partial charge on any atom is -0.381 e. The van der Waals surface area contributed by atoms with Crippen LogP contribution in [0.5, 0.6) is 0 Å². The van der Waals surface area contributed by atoms with Crippen LogP contribution in [0.1, 0.15) is 24.5 Å². The Morgan fingerprint density at radius 3 is 2.65 bits per heavy atom. The highest BCUT2D eigenvalue weighted by molar-refractivity contribution is 5.18. The second kappa shape index (κ2) is 6.74. The topological polar surface area (TPSA) is 30.5 Å². The molecule has 1 aromatic rings. The van der Waals surface area contributed by atoms with Crippen LogP contribution in [0.15, 0.2) is 30.3 Å². The molecule has 0 unspecified atom stereocenters. The lowest BCUT2D eigenvalue weighted by atomic mass is 10.1. The number of hydrogen-bond acceptors (Lipinski definition) is 3. The maximum Gasteiger partial charge on any atom is 0.0952 e. The minimum absolute atomic E-state index is 0.143. The van der Waals surface area contributed by atoms with Crippen LogP contribution in [0, 0.1) is 0 Å². The van der Waals surface area contributed by atoms with Crippen LogP contribution in [0.4, 0.5) is 0 Å². The largest absolute Gasteiger partial charge is 0.381 e. The summed E-state index contributed by atoms with van der Waals surface area (Å²) in [6.45, 7) is 2.50. The van der Waals surface area contributed by atoms with Gasteiger partial charge in [0.05, 0.1) is 12.2 Å². The maximum atomic E-state index is 6.18. The minimum atomic E-state index is 0.143. The summed E-state index contributed by atoms with van der Waals surface area (Å²) in [5.41, 5.74) is 1.24. The zero-order valence-electron chi connectivity index (χ0n) is 10.4. The normalized spacial score (nSPS) is 19.1. The fourth-order valence-electron chi connectivity index (χ4n) is 2.14. The molecule has 0 radical (unpaired) electrons. The van der Waals surface area contributed by atoms with Gasteiger partial charge in [0, 0.05) is 19.8 Å². The van der Waals surface area contributed by atoms with Crippen molar-refractivity contribution in [3.05, 3.63) is 35.9 Å². The van der Waals surface area contributed by atoms with Gasteiger partial charge in [0.15, 0.2) is 0 Å². The molecule has 2 rings (SSSR count). The van der Waals surface area contributed by atoms with Crippen LogP contribution < -0.4 is 5.32 Å². The third-order valence-corrected chi connectivity index (χ3v) is 3.09. The average Bonchev–Trinajstić information content (AvgIpc) is 2.40. The summed E-state index contributed by atoms with van der Waals surface area (Å²) in [4.78, 5) is 0. The van der Waals surface area contributed by atoms with Gasteiger partial charge in [0.1, 0.15) is 0 Å². The average molecular weight is 235 g/mol. The highest BCUT2D eigenvalue weighted by Gasteiger charge is 2.20. The number of nitrogens with one attached hydrogen (secondary N) is 1. The van der Waals surface area contributed by atoms with Crippen molar-refractivity contribution in [2.24, 2.45) is 0 Å². The van der Waals surface area contributed by atoms with Crippen LogP contribution in [-0.2, 0) is 9.47 Å². The molecule has 0 aliphatic carbocycles. The summed E-state index contributed by atoms with van der Waals surface area (Å²) in [6.07, 6.45) is 2.49. The molecule has 0 saturated carbocycles. The molecule has 0 amide bonds. The van der Waals surface area contributed by atoms with Crippen molar-refractivity contribution in [3.63, 3.8) is 0 Å². The first-order valence-corrected chi connectivity index (χ1v) is 6.33. The molecular weight excluding hydrogens is 214 g/mol. The molecule has 0 aromatic heterocycles. The van der Waals surface area contributed by atoms with Crippen LogP contribution in [0.25, 0.3) is 0 Å². The fraction of sp³-hybridized carbons (Fsp3) is 0.571. The monoisotopic (exact) mass is 235 g/mol. The number of ether oxygens (including phenoxy) is 2. The van der Waals surface area contributed by atoms with Gasteiger partial charge in [-0.1, -0.05) is 30.3 Å². The lowest BCUT2D eigenvalue weighted by molar-refractivity contribution is -0.0684. The van der Waals surface area contributed by atoms with Crippen molar-refractivity contribution < 1.29 is 9.47 Å². The van der Waals surface area contributed by atoms with E-state index in [0.29, 0.717) is 6.10 Å². The Labute approximate surface area is 103 Å². The fourth-order valence-corrected chi connectivity index (χ4v) is 2.14. The van der Waals surface area contributed by atoms with Crippen molar-refractivity contribution in [1.29, 1.82) is 0 Å². The summed E-state index contributed by atoms with van der Waals surface area (Å²) in [6, 6.07) is 10.4. The zero-order chi connectivity index (χ0) is 11.9. The van der Waals surface area contributed by atoms with Gasteiger partial charge in [0.2, 0.25) is 0 Å². The van der Waals surface area contributed by atoms with E-state index in [1.807, 2.05) is 13.1 Å². The highest BCUT2D eigenvalue weighted by Crippen LogP contribution is 2.22. The Bertz CT molecular complexity index is 309. The molecule has 1 heterocycles. The molecule has 1 aliphatic rings. The molecule has 1 saturated heterocycles. The van der Waals surface area contributed by atoms with E-state index < -0.39 is 0 Å². The molecule has 1 aromatic carbocycles. The van der Waals surface area contributed by atoms with Crippen molar-refractivity contribution in [2.75, 3.05) is 26.8 Å². The second-order valence-corrected chi connectivity index (χ2v) is 4.40. The van der Waals surface area contributed by atoms with Crippen molar-refractivity contribution in [1.82, 2.24) is 5.32 Å². The first-order chi connectivity index (χ1) is 8.40. The summed E-state index contributed by atoms with van der Waals surface area (Å²) in [7, 11) is 1.96. The Morgan fingerprint density at radius 2 is 2.00 bits per heavy atom. The van der Waals surface area contributed by atoms with Crippen LogP contribution in [-0.4, -0.2) is 32.9 Å². The predicted molar refractivity (Wildman–Crippen MR) is 68.0 cm³/mol. The summed E-state index contributed by atoms with van der Waals surface area (Å²) in [5.74, 6) is 0. The molecule has 1 atom stereocenters. The third kappa shape index (κ3) is 3.80. The van der Waals surface area contributed by atoms with Gasteiger partial charge in [-0.3, -0.25) is 0 Å². The first-order valence-electron chi connectivity index (χ1n) is 6.33. The number of benzene rings is 1. The quantitative estimate of drug-likeness (QED) is 0.848. The molecule has 0 bridgehead atoms. The van der Waals surface area contributed by atoms with Gasteiger partial charge in [0.25, 0.3) is 0 Å². The molecule has 1 fully saturated rings. The van der Waals surface area contributed by atoms with Gasteiger partial charge in [-0.25, -0.2) is 0 Å². The van der Waals surface area contributed by atoms with Crippen molar-refractivity contribution in [2.45, 2.75) is 25.0 Å².